The molecular formula is C18H20O2. The Hall–Kier alpha value is -2.22. The van der Waals surface area contributed by atoms with Crippen molar-refractivity contribution in [1.29, 1.82) is 0 Å². The van der Waals surface area contributed by atoms with Crippen molar-refractivity contribution >= 4 is 5.57 Å². The van der Waals surface area contributed by atoms with E-state index in [1.807, 2.05) is 39.0 Å². The molecule has 2 aromatic rings. The number of aryl methyl sites for hydroxylation is 2. The van der Waals surface area contributed by atoms with Crippen LogP contribution in [0, 0.1) is 6.92 Å². The third kappa shape index (κ3) is 2.55. The van der Waals surface area contributed by atoms with Crippen LogP contribution in [0.1, 0.15) is 30.5 Å². The van der Waals surface area contributed by atoms with E-state index >= 15 is 0 Å². The molecule has 0 aliphatic rings. The van der Waals surface area contributed by atoms with Gasteiger partial charge in [0.1, 0.15) is 11.5 Å². The quantitative estimate of drug-likeness (QED) is 0.849. The van der Waals surface area contributed by atoms with Crippen LogP contribution in [0.2, 0.25) is 0 Å². The van der Waals surface area contributed by atoms with E-state index in [1.54, 1.807) is 12.1 Å². The van der Waals surface area contributed by atoms with Gasteiger partial charge in [-0.1, -0.05) is 42.8 Å². The molecule has 0 saturated carbocycles. The van der Waals surface area contributed by atoms with Crippen molar-refractivity contribution in [3.05, 3.63) is 53.6 Å². The molecule has 0 aliphatic carbocycles. The van der Waals surface area contributed by atoms with Gasteiger partial charge in [0.15, 0.2) is 0 Å². The summed E-state index contributed by atoms with van der Waals surface area (Å²) in [6.45, 7) is 9.86. The lowest BCUT2D eigenvalue weighted by molar-refractivity contribution is 0.453. The monoisotopic (exact) mass is 268 g/mol. The normalized spacial score (nSPS) is 10.6. The van der Waals surface area contributed by atoms with Crippen LogP contribution >= 0.6 is 0 Å². The van der Waals surface area contributed by atoms with Crippen molar-refractivity contribution in [3.63, 3.8) is 0 Å². The van der Waals surface area contributed by atoms with Crippen molar-refractivity contribution in [3.8, 4) is 22.6 Å². The smallest absolute Gasteiger partial charge is 0.127 e. The van der Waals surface area contributed by atoms with Crippen LogP contribution in [0.4, 0.5) is 0 Å². The largest absolute Gasteiger partial charge is 0.507 e. The molecule has 0 aromatic heterocycles. The summed E-state index contributed by atoms with van der Waals surface area (Å²) >= 11 is 0. The Morgan fingerprint density at radius 2 is 1.70 bits per heavy atom. The van der Waals surface area contributed by atoms with Crippen LogP contribution in [-0.2, 0) is 6.42 Å². The minimum absolute atomic E-state index is 0.106. The van der Waals surface area contributed by atoms with Gasteiger partial charge in [-0.15, -0.1) is 0 Å². The lowest BCUT2D eigenvalue weighted by Crippen LogP contribution is -1.91. The molecule has 0 aliphatic heterocycles. The Labute approximate surface area is 120 Å². The van der Waals surface area contributed by atoms with Crippen LogP contribution in [0.15, 0.2) is 36.9 Å². The Bertz CT molecular complexity index is 646. The predicted octanol–water partition coefficient (Wildman–Crippen LogP) is 4.67. The van der Waals surface area contributed by atoms with Gasteiger partial charge in [0.05, 0.1) is 5.56 Å². The molecular weight excluding hydrogens is 248 g/mol. The summed E-state index contributed by atoms with van der Waals surface area (Å²) in [6, 6.07) is 9.35. The Morgan fingerprint density at radius 3 is 2.20 bits per heavy atom. The van der Waals surface area contributed by atoms with E-state index in [9.17, 15) is 10.2 Å². The molecule has 0 bridgehead atoms. The number of hydrogen-bond acceptors (Lipinski definition) is 2. The average molecular weight is 268 g/mol. The van der Waals surface area contributed by atoms with E-state index in [0.717, 1.165) is 34.2 Å². The molecule has 0 spiro atoms. The van der Waals surface area contributed by atoms with E-state index in [0.29, 0.717) is 5.56 Å². The molecule has 2 aromatic carbocycles. The molecule has 2 nitrogen and oxygen atoms in total. The molecule has 0 amide bonds. The fourth-order valence-corrected chi connectivity index (χ4v) is 2.39. The van der Waals surface area contributed by atoms with E-state index < -0.39 is 0 Å². The van der Waals surface area contributed by atoms with E-state index in [-0.39, 0.29) is 11.5 Å². The van der Waals surface area contributed by atoms with Crippen molar-refractivity contribution in [2.75, 3.05) is 0 Å². The van der Waals surface area contributed by atoms with Crippen LogP contribution in [0.3, 0.4) is 0 Å². The molecule has 2 rings (SSSR count). The minimum atomic E-state index is 0.106. The zero-order valence-electron chi connectivity index (χ0n) is 12.2. The molecule has 0 saturated heterocycles. The summed E-state index contributed by atoms with van der Waals surface area (Å²) in [5.74, 6) is 0.213. The van der Waals surface area contributed by atoms with Gasteiger partial charge in [-0.05, 0) is 49.1 Å². The van der Waals surface area contributed by atoms with Crippen LogP contribution in [0.25, 0.3) is 16.7 Å². The van der Waals surface area contributed by atoms with E-state index in [4.69, 9.17) is 0 Å². The fourth-order valence-electron chi connectivity index (χ4n) is 2.39. The summed E-state index contributed by atoms with van der Waals surface area (Å²) in [5, 5.41) is 20.5. The summed E-state index contributed by atoms with van der Waals surface area (Å²) < 4.78 is 0. The number of benzene rings is 2. The zero-order chi connectivity index (χ0) is 14.9. The Kier molecular flexibility index (Phi) is 3.84. The number of hydrogen-bond donors (Lipinski definition) is 2. The third-order valence-corrected chi connectivity index (χ3v) is 3.47. The lowest BCUT2D eigenvalue weighted by Gasteiger charge is -2.15. The SMILES string of the molecule is C=C(C)c1ccc(C)cc1-c1c(O)cc(CC)cc1O. The van der Waals surface area contributed by atoms with Gasteiger partial charge in [0, 0.05) is 0 Å². The van der Waals surface area contributed by atoms with Gasteiger partial charge < -0.3 is 10.2 Å². The molecule has 104 valence electrons. The van der Waals surface area contributed by atoms with Gasteiger partial charge in [-0.2, -0.15) is 0 Å². The maximum atomic E-state index is 10.3. The first-order chi connectivity index (χ1) is 9.43. The first-order valence-corrected chi connectivity index (χ1v) is 6.75. The molecule has 0 radical (unpaired) electrons. The first kappa shape index (κ1) is 14.2. The molecule has 0 atom stereocenters. The lowest BCUT2D eigenvalue weighted by atomic mass is 9.92. The van der Waals surface area contributed by atoms with Gasteiger partial charge >= 0.3 is 0 Å². The molecule has 0 fully saturated rings. The second-order valence-corrected chi connectivity index (χ2v) is 5.19. The molecule has 20 heavy (non-hydrogen) atoms. The van der Waals surface area contributed by atoms with Gasteiger partial charge in [-0.3, -0.25) is 0 Å². The molecule has 0 heterocycles. The van der Waals surface area contributed by atoms with Crippen LogP contribution < -0.4 is 0 Å². The van der Waals surface area contributed by atoms with Gasteiger partial charge in [0.2, 0.25) is 0 Å². The predicted molar refractivity (Wildman–Crippen MR) is 84.0 cm³/mol. The van der Waals surface area contributed by atoms with Crippen molar-refractivity contribution in [2.24, 2.45) is 0 Å². The highest BCUT2D eigenvalue weighted by molar-refractivity contribution is 5.86. The summed E-state index contributed by atoms with van der Waals surface area (Å²) in [5.41, 5.74) is 5.11. The highest BCUT2D eigenvalue weighted by atomic mass is 16.3. The standard InChI is InChI=1S/C18H20O2/c1-5-13-9-16(19)18(17(20)10-13)15-8-12(4)6-7-14(15)11(2)3/h6-10,19-20H,2,5H2,1,3-4H3. The van der Waals surface area contributed by atoms with Gasteiger partial charge in [0.25, 0.3) is 0 Å². The van der Waals surface area contributed by atoms with Crippen molar-refractivity contribution in [1.82, 2.24) is 0 Å². The second-order valence-electron chi connectivity index (χ2n) is 5.19. The number of phenols is 2. The van der Waals surface area contributed by atoms with E-state index in [2.05, 4.69) is 6.58 Å². The number of phenolic OH excluding ortho intramolecular Hbond substituents is 2. The van der Waals surface area contributed by atoms with E-state index in [1.165, 1.54) is 0 Å². The van der Waals surface area contributed by atoms with Crippen LogP contribution in [0.5, 0.6) is 11.5 Å². The van der Waals surface area contributed by atoms with Crippen molar-refractivity contribution in [2.45, 2.75) is 27.2 Å². The highest BCUT2D eigenvalue weighted by Crippen LogP contribution is 2.41. The molecule has 2 N–H and O–H groups in total. The molecule has 2 heteroatoms. The molecule has 0 unspecified atom stereocenters. The summed E-state index contributed by atoms with van der Waals surface area (Å²) in [6.07, 6.45) is 0.766. The second kappa shape index (κ2) is 5.41. The average Bonchev–Trinajstić information content (AvgIpc) is 2.37. The number of aromatic hydroxyl groups is 2. The number of allylic oxidation sites excluding steroid dienone is 1. The highest BCUT2D eigenvalue weighted by Gasteiger charge is 2.15. The fraction of sp³-hybridized carbons (Fsp3) is 0.222. The number of rotatable bonds is 3. The zero-order valence-corrected chi connectivity index (χ0v) is 12.2. The summed E-state index contributed by atoms with van der Waals surface area (Å²) in [4.78, 5) is 0. The first-order valence-electron chi connectivity index (χ1n) is 6.75. The summed E-state index contributed by atoms with van der Waals surface area (Å²) in [7, 11) is 0. The Balaban J connectivity index is 2.74. The Morgan fingerprint density at radius 1 is 1.10 bits per heavy atom. The van der Waals surface area contributed by atoms with Crippen molar-refractivity contribution < 1.29 is 10.2 Å². The topological polar surface area (TPSA) is 40.5 Å². The maximum absolute atomic E-state index is 10.3. The minimum Gasteiger partial charge on any atom is -0.507 e. The van der Waals surface area contributed by atoms with Crippen LogP contribution in [-0.4, -0.2) is 10.2 Å². The van der Waals surface area contributed by atoms with Gasteiger partial charge in [-0.25, -0.2) is 0 Å². The third-order valence-electron chi connectivity index (χ3n) is 3.47. The maximum Gasteiger partial charge on any atom is 0.127 e.